The SMILES string of the molecule is CCCn1cc(NC(=O)N2Cc3ccc(OC)cc3OC(C)(C)C2)cn1. The highest BCUT2D eigenvalue weighted by molar-refractivity contribution is 5.89. The van der Waals surface area contributed by atoms with Gasteiger partial charge in [0.25, 0.3) is 0 Å². The van der Waals surface area contributed by atoms with Gasteiger partial charge in [0, 0.05) is 24.4 Å². The molecule has 0 fully saturated rings. The third-order valence-corrected chi connectivity index (χ3v) is 4.22. The maximum atomic E-state index is 12.8. The van der Waals surface area contributed by atoms with Crippen molar-refractivity contribution in [2.75, 3.05) is 19.0 Å². The van der Waals surface area contributed by atoms with E-state index in [2.05, 4.69) is 17.3 Å². The summed E-state index contributed by atoms with van der Waals surface area (Å²) in [6.45, 7) is 7.81. The average molecular weight is 358 g/mol. The van der Waals surface area contributed by atoms with Gasteiger partial charge in [-0.05, 0) is 32.4 Å². The van der Waals surface area contributed by atoms with Crippen molar-refractivity contribution in [1.82, 2.24) is 14.7 Å². The van der Waals surface area contributed by atoms with Crippen molar-refractivity contribution in [2.45, 2.75) is 45.9 Å². The minimum Gasteiger partial charge on any atom is -0.497 e. The Morgan fingerprint density at radius 1 is 1.42 bits per heavy atom. The number of hydrogen-bond donors (Lipinski definition) is 1. The molecule has 0 saturated heterocycles. The van der Waals surface area contributed by atoms with Crippen LogP contribution in [0.2, 0.25) is 0 Å². The summed E-state index contributed by atoms with van der Waals surface area (Å²) >= 11 is 0. The van der Waals surface area contributed by atoms with Gasteiger partial charge < -0.3 is 19.7 Å². The van der Waals surface area contributed by atoms with Crippen LogP contribution in [0, 0.1) is 0 Å². The molecular formula is C19H26N4O3. The van der Waals surface area contributed by atoms with E-state index >= 15 is 0 Å². The van der Waals surface area contributed by atoms with E-state index in [0.717, 1.165) is 30.0 Å². The molecule has 0 aliphatic carbocycles. The number of benzene rings is 1. The number of ether oxygens (including phenoxy) is 2. The quantitative estimate of drug-likeness (QED) is 0.908. The molecule has 7 nitrogen and oxygen atoms in total. The highest BCUT2D eigenvalue weighted by atomic mass is 16.5. The van der Waals surface area contributed by atoms with Gasteiger partial charge in [0.15, 0.2) is 0 Å². The van der Waals surface area contributed by atoms with E-state index in [-0.39, 0.29) is 6.03 Å². The molecular weight excluding hydrogens is 332 g/mol. The number of nitrogens with zero attached hydrogens (tertiary/aromatic N) is 3. The molecule has 1 aliphatic heterocycles. The number of fused-ring (bicyclic) bond motifs is 1. The van der Waals surface area contributed by atoms with Crippen molar-refractivity contribution in [1.29, 1.82) is 0 Å². The van der Waals surface area contributed by atoms with E-state index in [4.69, 9.17) is 9.47 Å². The Kier molecular flexibility index (Phi) is 5.06. The van der Waals surface area contributed by atoms with E-state index in [1.807, 2.05) is 42.9 Å². The van der Waals surface area contributed by atoms with Crippen molar-refractivity contribution in [2.24, 2.45) is 0 Å². The van der Waals surface area contributed by atoms with Gasteiger partial charge in [0.1, 0.15) is 17.1 Å². The fourth-order valence-electron chi connectivity index (χ4n) is 3.06. The zero-order valence-electron chi connectivity index (χ0n) is 15.8. The molecule has 0 unspecified atom stereocenters. The lowest BCUT2D eigenvalue weighted by Gasteiger charge is -2.29. The molecule has 2 heterocycles. The van der Waals surface area contributed by atoms with E-state index in [1.54, 1.807) is 18.2 Å². The third-order valence-electron chi connectivity index (χ3n) is 4.22. The lowest BCUT2D eigenvalue weighted by atomic mass is 10.1. The highest BCUT2D eigenvalue weighted by Gasteiger charge is 2.32. The zero-order chi connectivity index (χ0) is 18.7. The second kappa shape index (κ2) is 7.27. The molecule has 3 rings (SSSR count). The Labute approximate surface area is 153 Å². The summed E-state index contributed by atoms with van der Waals surface area (Å²) in [5, 5.41) is 7.18. The number of nitrogens with one attached hydrogen (secondary N) is 1. The number of carbonyl (C=O) groups excluding carboxylic acids is 1. The number of hydrogen-bond acceptors (Lipinski definition) is 4. The maximum absolute atomic E-state index is 12.8. The normalized spacial score (nSPS) is 15.6. The van der Waals surface area contributed by atoms with Crippen molar-refractivity contribution in [3.63, 3.8) is 0 Å². The Bertz CT molecular complexity index is 785. The van der Waals surface area contributed by atoms with Crippen LogP contribution >= 0.6 is 0 Å². The molecule has 26 heavy (non-hydrogen) atoms. The number of aryl methyl sites for hydroxylation is 1. The molecule has 1 N–H and O–H groups in total. The second-order valence-corrected chi connectivity index (χ2v) is 7.11. The molecule has 0 radical (unpaired) electrons. The molecule has 0 bridgehead atoms. The van der Waals surface area contributed by atoms with E-state index in [0.29, 0.717) is 18.8 Å². The lowest BCUT2D eigenvalue weighted by molar-refractivity contribution is 0.0833. The summed E-state index contributed by atoms with van der Waals surface area (Å²) in [6.07, 6.45) is 4.51. The van der Waals surface area contributed by atoms with Gasteiger partial charge in [-0.25, -0.2) is 4.79 Å². The van der Waals surface area contributed by atoms with E-state index in [9.17, 15) is 4.79 Å². The number of urea groups is 1. The first-order valence-electron chi connectivity index (χ1n) is 8.84. The van der Waals surface area contributed by atoms with E-state index in [1.165, 1.54) is 0 Å². The smallest absolute Gasteiger partial charge is 0.322 e. The predicted octanol–water partition coefficient (Wildman–Crippen LogP) is 3.51. The fraction of sp³-hybridized carbons (Fsp3) is 0.474. The molecule has 2 aromatic rings. The summed E-state index contributed by atoms with van der Waals surface area (Å²) in [7, 11) is 1.63. The monoisotopic (exact) mass is 358 g/mol. The Hall–Kier alpha value is -2.70. The molecule has 1 aromatic heterocycles. The van der Waals surface area contributed by atoms with Crippen LogP contribution in [0.3, 0.4) is 0 Å². The molecule has 0 atom stereocenters. The first kappa shape index (κ1) is 18.1. The van der Waals surface area contributed by atoms with Crippen molar-refractivity contribution < 1.29 is 14.3 Å². The summed E-state index contributed by atoms with van der Waals surface area (Å²) in [5.74, 6) is 1.49. The van der Waals surface area contributed by atoms with Crippen molar-refractivity contribution in [3.8, 4) is 11.5 Å². The second-order valence-electron chi connectivity index (χ2n) is 7.11. The number of carbonyl (C=O) groups is 1. The van der Waals surface area contributed by atoms with Crippen LogP contribution < -0.4 is 14.8 Å². The van der Waals surface area contributed by atoms with Crippen LogP contribution in [-0.2, 0) is 13.1 Å². The Balaban J connectivity index is 1.78. The molecule has 140 valence electrons. The topological polar surface area (TPSA) is 68.6 Å². The van der Waals surface area contributed by atoms with Crippen LogP contribution in [0.5, 0.6) is 11.5 Å². The average Bonchev–Trinajstić information content (AvgIpc) is 2.96. The highest BCUT2D eigenvalue weighted by Crippen LogP contribution is 2.32. The minimum atomic E-state index is -0.513. The summed E-state index contributed by atoms with van der Waals surface area (Å²) < 4.78 is 13.2. The molecule has 0 spiro atoms. The standard InChI is InChI=1S/C19H26N4O3/c1-5-8-23-12-15(10-20-23)21-18(24)22-11-14-6-7-16(25-4)9-17(14)26-19(2,3)13-22/h6-7,9-10,12H,5,8,11,13H2,1-4H3,(H,21,24). The molecule has 1 aromatic carbocycles. The van der Waals surface area contributed by atoms with Crippen LogP contribution in [0.25, 0.3) is 0 Å². The predicted molar refractivity (Wildman–Crippen MR) is 99.6 cm³/mol. The number of anilines is 1. The largest absolute Gasteiger partial charge is 0.497 e. The molecule has 7 heteroatoms. The van der Waals surface area contributed by atoms with E-state index < -0.39 is 5.60 Å². The maximum Gasteiger partial charge on any atom is 0.322 e. The first-order chi connectivity index (χ1) is 12.4. The molecule has 2 amide bonds. The molecule has 0 saturated carbocycles. The van der Waals surface area contributed by atoms with Crippen molar-refractivity contribution >= 4 is 11.7 Å². The van der Waals surface area contributed by atoms with Gasteiger partial charge in [-0.3, -0.25) is 4.68 Å². The van der Waals surface area contributed by atoms with Crippen LogP contribution in [0.1, 0.15) is 32.8 Å². The van der Waals surface area contributed by atoms with Crippen molar-refractivity contribution in [3.05, 3.63) is 36.2 Å². The van der Waals surface area contributed by atoms with Gasteiger partial charge in [-0.15, -0.1) is 0 Å². The van der Waals surface area contributed by atoms with Gasteiger partial charge in [0.2, 0.25) is 0 Å². The summed E-state index contributed by atoms with van der Waals surface area (Å²) in [4.78, 5) is 14.6. The van der Waals surface area contributed by atoms with Gasteiger partial charge in [-0.1, -0.05) is 6.92 Å². The third kappa shape index (κ3) is 4.09. The summed E-state index contributed by atoms with van der Waals surface area (Å²) in [6, 6.07) is 5.52. The van der Waals surface area contributed by atoms with Crippen LogP contribution in [0.15, 0.2) is 30.6 Å². The molecule has 1 aliphatic rings. The fourth-order valence-corrected chi connectivity index (χ4v) is 3.06. The van der Waals surface area contributed by atoms with Gasteiger partial charge in [0.05, 0.1) is 32.1 Å². The first-order valence-corrected chi connectivity index (χ1v) is 8.84. The number of aromatic nitrogens is 2. The number of amides is 2. The Morgan fingerprint density at radius 3 is 2.96 bits per heavy atom. The lowest BCUT2D eigenvalue weighted by Crippen LogP contribution is -2.44. The Morgan fingerprint density at radius 2 is 2.23 bits per heavy atom. The zero-order valence-corrected chi connectivity index (χ0v) is 15.8. The summed E-state index contributed by atoms with van der Waals surface area (Å²) in [5.41, 5.74) is 1.14. The minimum absolute atomic E-state index is 0.165. The number of methoxy groups -OCH3 is 1. The van der Waals surface area contributed by atoms with Crippen LogP contribution in [-0.4, -0.2) is 40.0 Å². The van der Waals surface area contributed by atoms with Gasteiger partial charge >= 0.3 is 6.03 Å². The van der Waals surface area contributed by atoms with Gasteiger partial charge in [-0.2, -0.15) is 5.10 Å². The van der Waals surface area contributed by atoms with Crippen LogP contribution in [0.4, 0.5) is 10.5 Å². The number of rotatable bonds is 4.